The zero-order valence-electron chi connectivity index (χ0n) is 10.3. The molecule has 0 spiro atoms. The Labute approximate surface area is 119 Å². The van der Waals surface area contributed by atoms with Crippen LogP contribution in [-0.2, 0) is 6.42 Å². The third-order valence-electron chi connectivity index (χ3n) is 2.91. The topological polar surface area (TPSA) is 20.2 Å². The molecule has 4 heteroatoms. The van der Waals surface area contributed by atoms with Crippen molar-refractivity contribution in [3.05, 3.63) is 69.2 Å². The van der Waals surface area contributed by atoms with Gasteiger partial charge in [0.2, 0.25) is 0 Å². The largest absolute Gasteiger partial charge is 0.388 e. The standard InChI is InChI=1S/C15H13BrF2O/c1-9-5-10(7-11(16)6-9)15(19)8-12-13(17)3-2-4-14(12)18/h2-7,15,19H,8H2,1H3. The predicted octanol–water partition coefficient (Wildman–Crippen LogP) is 4.31. The summed E-state index contributed by atoms with van der Waals surface area (Å²) in [5, 5.41) is 10.1. The van der Waals surface area contributed by atoms with Crippen molar-refractivity contribution in [2.75, 3.05) is 0 Å². The van der Waals surface area contributed by atoms with E-state index in [-0.39, 0.29) is 12.0 Å². The molecule has 1 unspecified atom stereocenters. The van der Waals surface area contributed by atoms with Gasteiger partial charge in [0.15, 0.2) is 0 Å². The molecule has 2 aromatic carbocycles. The molecule has 1 atom stereocenters. The molecule has 100 valence electrons. The summed E-state index contributed by atoms with van der Waals surface area (Å²) < 4.78 is 27.9. The Morgan fingerprint density at radius 3 is 2.37 bits per heavy atom. The SMILES string of the molecule is Cc1cc(Br)cc(C(O)Cc2c(F)cccc2F)c1. The molecule has 0 fully saturated rings. The Morgan fingerprint density at radius 2 is 1.79 bits per heavy atom. The van der Waals surface area contributed by atoms with E-state index in [4.69, 9.17) is 0 Å². The molecule has 0 aliphatic carbocycles. The van der Waals surface area contributed by atoms with Crippen LogP contribution in [0.4, 0.5) is 8.78 Å². The molecular weight excluding hydrogens is 314 g/mol. The van der Waals surface area contributed by atoms with E-state index in [0.29, 0.717) is 5.56 Å². The minimum Gasteiger partial charge on any atom is -0.388 e. The highest BCUT2D eigenvalue weighted by molar-refractivity contribution is 9.10. The van der Waals surface area contributed by atoms with Crippen molar-refractivity contribution in [3.8, 4) is 0 Å². The van der Waals surface area contributed by atoms with Crippen LogP contribution >= 0.6 is 15.9 Å². The maximum absolute atomic E-state index is 13.5. The van der Waals surface area contributed by atoms with Crippen LogP contribution < -0.4 is 0 Å². The van der Waals surface area contributed by atoms with Crippen LogP contribution in [0.2, 0.25) is 0 Å². The van der Waals surface area contributed by atoms with Crippen LogP contribution in [0.5, 0.6) is 0 Å². The number of aliphatic hydroxyl groups excluding tert-OH is 1. The van der Waals surface area contributed by atoms with Gasteiger partial charge in [0.25, 0.3) is 0 Å². The van der Waals surface area contributed by atoms with Gasteiger partial charge in [-0.1, -0.05) is 28.1 Å². The number of halogens is 3. The van der Waals surface area contributed by atoms with E-state index in [1.165, 1.54) is 18.2 Å². The Morgan fingerprint density at radius 1 is 1.16 bits per heavy atom. The van der Waals surface area contributed by atoms with Crippen LogP contribution in [-0.4, -0.2) is 5.11 Å². The summed E-state index contributed by atoms with van der Waals surface area (Å²) in [7, 11) is 0. The Balaban J connectivity index is 2.28. The molecule has 0 amide bonds. The van der Waals surface area contributed by atoms with Crippen LogP contribution in [0.1, 0.15) is 22.8 Å². The number of aliphatic hydroxyl groups is 1. The Kier molecular flexibility index (Phi) is 4.32. The molecule has 2 aromatic rings. The van der Waals surface area contributed by atoms with Crippen molar-refractivity contribution in [3.63, 3.8) is 0 Å². The molecule has 0 saturated carbocycles. The monoisotopic (exact) mass is 326 g/mol. The third-order valence-corrected chi connectivity index (χ3v) is 3.37. The summed E-state index contributed by atoms with van der Waals surface area (Å²) in [5.74, 6) is -1.27. The molecule has 0 aliphatic rings. The quantitative estimate of drug-likeness (QED) is 0.891. The highest BCUT2D eigenvalue weighted by atomic mass is 79.9. The summed E-state index contributed by atoms with van der Waals surface area (Å²) in [6.07, 6.45) is -1.03. The van der Waals surface area contributed by atoms with Gasteiger partial charge in [-0.25, -0.2) is 8.78 Å². The molecule has 2 rings (SSSR count). The van der Waals surface area contributed by atoms with E-state index in [9.17, 15) is 13.9 Å². The lowest BCUT2D eigenvalue weighted by atomic mass is 9.99. The molecule has 19 heavy (non-hydrogen) atoms. The predicted molar refractivity (Wildman–Crippen MR) is 73.9 cm³/mol. The molecule has 0 saturated heterocycles. The normalized spacial score (nSPS) is 12.5. The van der Waals surface area contributed by atoms with Crippen LogP contribution in [0.15, 0.2) is 40.9 Å². The average molecular weight is 327 g/mol. The fraction of sp³-hybridized carbons (Fsp3) is 0.200. The summed E-state index contributed by atoms with van der Waals surface area (Å²) in [5.41, 5.74) is 1.51. The number of benzene rings is 2. The lowest BCUT2D eigenvalue weighted by molar-refractivity contribution is 0.175. The molecule has 0 bridgehead atoms. The van der Waals surface area contributed by atoms with Crippen molar-refractivity contribution in [2.45, 2.75) is 19.4 Å². The average Bonchev–Trinajstić information content (AvgIpc) is 2.32. The van der Waals surface area contributed by atoms with E-state index in [2.05, 4.69) is 15.9 Å². The number of hydrogen-bond acceptors (Lipinski definition) is 1. The smallest absolute Gasteiger partial charge is 0.129 e. The number of hydrogen-bond donors (Lipinski definition) is 1. The molecule has 1 nitrogen and oxygen atoms in total. The fourth-order valence-corrected chi connectivity index (χ4v) is 2.62. The highest BCUT2D eigenvalue weighted by Crippen LogP contribution is 2.25. The van der Waals surface area contributed by atoms with Gasteiger partial charge in [-0.3, -0.25) is 0 Å². The van der Waals surface area contributed by atoms with E-state index < -0.39 is 17.7 Å². The van der Waals surface area contributed by atoms with E-state index >= 15 is 0 Å². The van der Waals surface area contributed by atoms with Crippen LogP contribution in [0.3, 0.4) is 0 Å². The Bertz CT molecular complexity index is 558. The minimum atomic E-state index is -0.942. The molecule has 0 aliphatic heterocycles. The van der Waals surface area contributed by atoms with E-state index in [1.807, 2.05) is 13.0 Å². The van der Waals surface area contributed by atoms with Gasteiger partial charge in [0, 0.05) is 16.5 Å². The third kappa shape index (κ3) is 3.39. The first-order valence-electron chi connectivity index (χ1n) is 5.85. The molecule has 1 N–H and O–H groups in total. The Hall–Kier alpha value is -1.26. The maximum Gasteiger partial charge on any atom is 0.129 e. The van der Waals surface area contributed by atoms with Gasteiger partial charge < -0.3 is 5.11 Å². The van der Waals surface area contributed by atoms with Gasteiger partial charge in [0.05, 0.1) is 6.10 Å². The second-order valence-corrected chi connectivity index (χ2v) is 5.40. The number of aryl methyl sites for hydroxylation is 1. The summed E-state index contributed by atoms with van der Waals surface area (Å²) in [6, 6.07) is 9.14. The van der Waals surface area contributed by atoms with Crippen molar-refractivity contribution >= 4 is 15.9 Å². The van der Waals surface area contributed by atoms with Crippen molar-refractivity contribution in [2.24, 2.45) is 0 Å². The summed E-state index contributed by atoms with van der Waals surface area (Å²) in [6.45, 7) is 1.89. The van der Waals surface area contributed by atoms with Gasteiger partial charge in [-0.15, -0.1) is 0 Å². The summed E-state index contributed by atoms with van der Waals surface area (Å²) >= 11 is 3.34. The van der Waals surface area contributed by atoms with Crippen LogP contribution in [0, 0.1) is 18.6 Å². The highest BCUT2D eigenvalue weighted by Gasteiger charge is 2.15. The molecule has 0 heterocycles. The fourth-order valence-electron chi connectivity index (χ4n) is 2.00. The second-order valence-electron chi connectivity index (χ2n) is 4.48. The van der Waals surface area contributed by atoms with Crippen LogP contribution in [0.25, 0.3) is 0 Å². The van der Waals surface area contributed by atoms with Crippen molar-refractivity contribution in [1.82, 2.24) is 0 Å². The van der Waals surface area contributed by atoms with E-state index in [1.54, 1.807) is 12.1 Å². The van der Waals surface area contributed by atoms with Crippen molar-refractivity contribution < 1.29 is 13.9 Å². The lowest BCUT2D eigenvalue weighted by Gasteiger charge is -2.13. The van der Waals surface area contributed by atoms with Crippen molar-refractivity contribution in [1.29, 1.82) is 0 Å². The zero-order chi connectivity index (χ0) is 14.0. The maximum atomic E-state index is 13.5. The van der Waals surface area contributed by atoms with Gasteiger partial charge in [-0.05, 0) is 42.3 Å². The van der Waals surface area contributed by atoms with Gasteiger partial charge in [0.1, 0.15) is 11.6 Å². The molecule has 0 radical (unpaired) electrons. The van der Waals surface area contributed by atoms with Gasteiger partial charge in [-0.2, -0.15) is 0 Å². The minimum absolute atomic E-state index is 0.0889. The molecular formula is C15H13BrF2O. The first-order chi connectivity index (χ1) is 8.97. The number of rotatable bonds is 3. The molecule has 0 aromatic heterocycles. The first-order valence-corrected chi connectivity index (χ1v) is 6.64. The zero-order valence-corrected chi connectivity index (χ0v) is 11.9. The lowest BCUT2D eigenvalue weighted by Crippen LogP contribution is -2.06. The summed E-state index contributed by atoms with van der Waals surface area (Å²) in [4.78, 5) is 0. The van der Waals surface area contributed by atoms with Gasteiger partial charge >= 0.3 is 0 Å². The first kappa shape index (κ1) is 14.2. The second kappa shape index (κ2) is 5.80. The van der Waals surface area contributed by atoms with E-state index in [0.717, 1.165) is 10.0 Å².